The Kier molecular flexibility index (Phi) is 5.51. The van der Waals surface area contributed by atoms with E-state index in [4.69, 9.17) is 0 Å². The lowest BCUT2D eigenvalue weighted by atomic mass is 10.0. The molecule has 0 atom stereocenters. The fourth-order valence-corrected chi connectivity index (χ4v) is 2.99. The molecule has 0 spiro atoms. The number of hydrogen-bond donors (Lipinski definition) is 1. The van der Waals surface area contributed by atoms with E-state index in [1.807, 2.05) is 6.07 Å². The van der Waals surface area contributed by atoms with Crippen LogP contribution in [0.4, 0.5) is 5.69 Å². The second-order valence-corrected chi connectivity index (χ2v) is 6.04. The molecule has 0 bridgehead atoms. The molecule has 1 aromatic carbocycles. The SMILES string of the molecule is CCN1CCC(NCc2cc(Br)ccc2[N+](=O)[O-])CC1. The van der Waals surface area contributed by atoms with Crippen molar-refractivity contribution in [2.45, 2.75) is 32.4 Å². The molecule has 0 aliphatic carbocycles. The van der Waals surface area contributed by atoms with Gasteiger partial charge in [0.25, 0.3) is 5.69 Å². The van der Waals surface area contributed by atoms with Gasteiger partial charge in [0, 0.05) is 28.7 Å². The maximum absolute atomic E-state index is 11.0. The highest BCUT2D eigenvalue weighted by atomic mass is 79.9. The Bertz CT molecular complexity index is 473. The van der Waals surface area contributed by atoms with Crippen LogP contribution in [0, 0.1) is 10.1 Å². The van der Waals surface area contributed by atoms with E-state index in [2.05, 4.69) is 33.1 Å². The van der Waals surface area contributed by atoms with E-state index in [-0.39, 0.29) is 10.6 Å². The monoisotopic (exact) mass is 341 g/mol. The number of rotatable bonds is 5. The minimum absolute atomic E-state index is 0.187. The maximum Gasteiger partial charge on any atom is 0.273 e. The number of nitro groups is 1. The minimum Gasteiger partial charge on any atom is -0.310 e. The van der Waals surface area contributed by atoms with Crippen molar-refractivity contribution in [1.82, 2.24) is 10.2 Å². The molecule has 0 unspecified atom stereocenters. The zero-order chi connectivity index (χ0) is 14.5. The van der Waals surface area contributed by atoms with Crippen LogP contribution in [0.2, 0.25) is 0 Å². The summed E-state index contributed by atoms with van der Waals surface area (Å²) in [6, 6.07) is 5.55. The summed E-state index contributed by atoms with van der Waals surface area (Å²) in [5.74, 6) is 0. The van der Waals surface area contributed by atoms with Crippen molar-refractivity contribution in [3.8, 4) is 0 Å². The maximum atomic E-state index is 11.0. The van der Waals surface area contributed by atoms with Gasteiger partial charge < -0.3 is 10.2 Å². The Morgan fingerprint density at radius 3 is 2.75 bits per heavy atom. The van der Waals surface area contributed by atoms with E-state index in [0.717, 1.165) is 42.5 Å². The first-order chi connectivity index (χ1) is 9.60. The lowest BCUT2D eigenvalue weighted by molar-refractivity contribution is -0.385. The Hall–Kier alpha value is -0.980. The highest BCUT2D eigenvalue weighted by Crippen LogP contribution is 2.23. The van der Waals surface area contributed by atoms with Crippen molar-refractivity contribution in [3.63, 3.8) is 0 Å². The third kappa shape index (κ3) is 4.01. The average molecular weight is 342 g/mol. The number of piperidine rings is 1. The quantitative estimate of drug-likeness (QED) is 0.660. The van der Waals surface area contributed by atoms with E-state index >= 15 is 0 Å². The number of halogens is 1. The van der Waals surface area contributed by atoms with Crippen molar-refractivity contribution in [2.75, 3.05) is 19.6 Å². The molecule has 1 heterocycles. The molecule has 1 aliphatic heterocycles. The van der Waals surface area contributed by atoms with Crippen LogP contribution in [0.3, 0.4) is 0 Å². The number of nitrogens with zero attached hydrogens (tertiary/aromatic N) is 2. The lowest BCUT2D eigenvalue weighted by Gasteiger charge is -2.31. The van der Waals surface area contributed by atoms with Crippen molar-refractivity contribution >= 4 is 21.6 Å². The summed E-state index contributed by atoms with van der Waals surface area (Å²) in [5.41, 5.74) is 0.925. The van der Waals surface area contributed by atoms with Gasteiger partial charge in [0.2, 0.25) is 0 Å². The number of nitro benzene ring substituents is 1. The number of hydrogen-bond acceptors (Lipinski definition) is 4. The molecular weight excluding hydrogens is 322 g/mol. The number of likely N-dealkylation sites (tertiary alicyclic amines) is 1. The van der Waals surface area contributed by atoms with E-state index in [1.54, 1.807) is 12.1 Å². The summed E-state index contributed by atoms with van der Waals surface area (Å²) < 4.78 is 0.876. The van der Waals surface area contributed by atoms with Crippen LogP contribution in [-0.2, 0) is 6.54 Å². The predicted octanol–water partition coefficient (Wildman–Crippen LogP) is 2.93. The molecule has 20 heavy (non-hydrogen) atoms. The van der Waals surface area contributed by atoms with Crippen molar-refractivity contribution < 1.29 is 4.92 Å². The zero-order valence-electron chi connectivity index (χ0n) is 11.6. The van der Waals surface area contributed by atoms with Gasteiger partial charge in [-0.3, -0.25) is 10.1 Å². The highest BCUT2D eigenvalue weighted by molar-refractivity contribution is 9.10. The fraction of sp³-hybridized carbons (Fsp3) is 0.571. The van der Waals surface area contributed by atoms with Crippen LogP contribution in [0.1, 0.15) is 25.3 Å². The van der Waals surface area contributed by atoms with Gasteiger partial charge in [0.05, 0.1) is 4.92 Å². The summed E-state index contributed by atoms with van der Waals surface area (Å²) in [4.78, 5) is 13.1. The van der Waals surface area contributed by atoms with Gasteiger partial charge in [0.15, 0.2) is 0 Å². The normalized spacial score (nSPS) is 17.3. The van der Waals surface area contributed by atoms with Gasteiger partial charge in [-0.1, -0.05) is 22.9 Å². The molecule has 5 nitrogen and oxygen atoms in total. The highest BCUT2D eigenvalue weighted by Gasteiger charge is 2.19. The van der Waals surface area contributed by atoms with E-state index in [0.29, 0.717) is 12.6 Å². The second-order valence-electron chi connectivity index (χ2n) is 5.12. The largest absolute Gasteiger partial charge is 0.310 e. The second kappa shape index (κ2) is 7.15. The Morgan fingerprint density at radius 1 is 1.45 bits per heavy atom. The summed E-state index contributed by atoms with van der Waals surface area (Å²) in [6.45, 7) is 6.04. The molecule has 6 heteroatoms. The van der Waals surface area contributed by atoms with Crippen LogP contribution in [-0.4, -0.2) is 35.5 Å². The van der Waals surface area contributed by atoms with Gasteiger partial charge in [0.1, 0.15) is 0 Å². The van der Waals surface area contributed by atoms with Crippen LogP contribution in [0.15, 0.2) is 22.7 Å². The van der Waals surface area contributed by atoms with Crippen molar-refractivity contribution in [3.05, 3.63) is 38.3 Å². The molecule has 1 saturated heterocycles. The molecule has 110 valence electrons. The smallest absolute Gasteiger partial charge is 0.273 e. The standard InChI is InChI=1S/C14H20BrN3O2/c1-2-17-7-5-13(6-8-17)16-10-11-9-12(15)3-4-14(11)18(19)20/h3-4,9,13,16H,2,5-8,10H2,1H3. The van der Waals surface area contributed by atoms with E-state index in [1.165, 1.54) is 0 Å². The molecule has 0 radical (unpaired) electrons. The summed E-state index contributed by atoms with van der Waals surface area (Å²) in [7, 11) is 0. The first-order valence-electron chi connectivity index (χ1n) is 6.98. The number of nitrogens with one attached hydrogen (secondary N) is 1. The molecule has 0 saturated carbocycles. The first-order valence-corrected chi connectivity index (χ1v) is 7.78. The molecule has 1 aliphatic rings. The minimum atomic E-state index is -0.316. The zero-order valence-corrected chi connectivity index (χ0v) is 13.2. The van der Waals surface area contributed by atoms with Crippen molar-refractivity contribution in [2.24, 2.45) is 0 Å². The van der Waals surface area contributed by atoms with E-state index in [9.17, 15) is 10.1 Å². The fourth-order valence-electron chi connectivity index (χ4n) is 2.58. The molecule has 2 rings (SSSR count). The van der Waals surface area contributed by atoms with Gasteiger partial charge in [-0.25, -0.2) is 0 Å². The Labute approximate surface area is 127 Å². The molecule has 0 aromatic heterocycles. The summed E-state index contributed by atoms with van der Waals surface area (Å²) >= 11 is 3.37. The van der Waals surface area contributed by atoms with Crippen molar-refractivity contribution in [1.29, 1.82) is 0 Å². The van der Waals surface area contributed by atoms with Crippen LogP contribution in [0.25, 0.3) is 0 Å². The van der Waals surface area contributed by atoms with Gasteiger partial charge in [-0.2, -0.15) is 0 Å². The first kappa shape index (κ1) is 15.4. The van der Waals surface area contributed by atoms with Gasteiger partial charge in [-0.05, 0) is 44.6 Å². The summed E-state index contributed by atoms with van der Waals surface area (Å²) in [6.07, 6.45) is 2.21. The van der Waals surface area contributed by atoms with Gasteiger partial charge >= 0.3 is 0 Å². The Morgan fingerprint density at radius 2 is 2.15 bits per heavy atom. The summed E-state index contributed by atoms with van der Waals surface area (Å²) in [5, 5.41) is 14.5. The average Bonchev–Trinajstić information content (AvgIpc) is 2.45. The van der Waals surface area contributed by atoms with Crippen LogP contribution in [0.5, 0.6) is 0 Å². The van der Waals surface area contributed by atoms with Crippen LogP contribution >= 0.6 is 15.9 Å². The topological polar surface area (TPSA) is 58.4 Å². The molecular formula is C14H20BrN3O2. The van der Waals surface area contributed by atoms with Crippen LogP contribution < -0.4 is 5.32 Å². The van der Waals surface area contributed by atoms with Gasteiger partial charge in [-0.15, -0.1) is 0 Å². The Balaban J connectivity index is 1.94. The number of benzene rings is 1. The third-order valence-corrected chi connectivity index (χ3v) is 4.35. The molecule has 1 N–H and O–H groups in total. The predicted molar refractivity (Wildman–Crippen MR) is 82.8 cm³/mol. The molecule has 1 aromatic rings. The third-order valence-electron chi connectivity index (χ3n) is 3.85. The molecule has 1 fully saturated rings. The lowest BCUT2D eigenvalue weighted by Crippen LogP contribution is -2.42. The molecule has 0 amide bonds. The van der Waals surface area contributed by atoms with E-state index < -0.39 is 0 Å².